The first kappa shape index (κ1) is 16.0. The van der Waals surface area contributed by atoms with E-state index in [1.54, 1.807) is 31.2 Å². The molecule has 2 aromatic rings. The standard InChI is InChI=1S/C17H18FNO3/c1-17(21,12-6-4-3-5-7-12)11-16(20)19-14-9-8-13(18)10-15(14)22-2/h3-10,21H,11H2,1-2H3,(H,19,20). The van der Waals surface area contributed by atoms with E-state index in [4.69, 9.17) is 4.74 Å². The molecule has 2 aromatic carbocycles. The van der Waals surface area contributed by atoms with Gasteiger partial charge in [-0.15, -0.1) is 0 Å². The largest absolute Gasteiger partial charge is 0.494 e. The zero-order chi connectivity index (χ0) is 16.2. The van der Waals surface area contributed by atoms with Crippen LogP contribution in [0, 0.1) is 5.82 Å². The quantitative estimate of drug-likeness (QED) is 0.892. The van der Waals surface area contributed by atoms with Crippen molar-refractivity contribution in [3.8, 4) is 5.75 Å². The second-order valence-electron chi connectivity index (χ2n) is 5.21. The van der Waals surface area contributed by atoms with Gasteiger partial charge in [-0.1, -0.05) is 30.3 Å². The topological polar surface area (TPSA) is 58.6 Å². The zero-order valence-electron chi connectivity index (χ0n) is 12.5. The highest BCUT2D eigenvalue weighted by atomic mass is 19.1. The Hall–Kier alpha value is -2.40. The summed E-state index contributed by atoms with van der Waals surface area (Å²) in [6, 6.07) is 12.8. The van der Waals surface area contributed by atoms with E-state index in [1.165, 1.54) is 25.3 Å². The van der Waals surface area contributed by atoms with E-state index >= 15 is 0 Å². The third-order valence-corrected chi connectivity index (χ3v) is 3.34. The minimum atomic E-state index is -1.29. The maximum Gasteiger partial charge on any atom is 0.227 e. The third-order valence-electron chi connectivity index (χ3n) is 3.34. The predicted molar refractivity (Wildman–Crippen MR) is 82.2 cm³/mol. The highest BCUT2D eigenvalue weighted by Gasteiger charge is 2.26. The molecule has 22 heavy (non-hydrogen) atoms. The van der Waals surface area contributed by atoms with Crippen molar-refractivity contribution in [1.29, 1.82) is 0 Å². The summed E-state index contributed by atoms with van der Waals surface area (Å²) in [6.45, 7) is 1.57. The minimum absolute atomic E-state index is 0.127. The Morgan fingerprint density at radius 1 is 1.27 bits per heavy atom. The number of carbonyl (C=O) groups excluding carboxylic acids is 1. The molecule has 0 heterocycles. The van der Waals surface area contributed by atoms with Crippen molar-refractivity contribution in [2.75, 3.05) is 12.4 Å². The summed E-state index contributed by atoms with van der Waals surface area (Å²) in [6.07, 6.45) is -0.127. The van der Waals surface area contributed by atoms with Crippen LogP contribution in [0.1, 0.15) is 18.9 Å². The Kier molecular flexibility index (Phi) is 4.78. The van der Waals surface area contributed by atoms with Crippen LogP contribution in [0.15, 0.2) is 48.5 Å². The van der Waals surface area contributed by atoms with Gasteiger partial charge in [-0.2, -0.15) is 0 Å². The Morgan fingerprint density at radius 3 is 2.59 bits per heavy atom. The number of hydrogen-bond donors (Lipinski definition) is 2. The molecular weight excluding hydrogens is 285 g/mol. The summed E-state index contributed by atoms with van der Waals surface area (Å²) < 4.78 is 18.2. The van der Waals surface area contributed by atoms with Crippen molar-refractivity contribution in [2.24, 2.45) is 0 Å². The van der Waals surface area contributed by atoms with Gasteiger partial charge in [-0.05, 0) is 24.6 Å². The fourth-order valence-corrected chi connectivity index (χ4v) is 2.17. The van der Waals surface area contributed by atoms with Gasteiger partial charge in [0.25, 0.3) is 0 Å². The van der Waals surface area contributed by atoms with Crippen LogP contribution in [0.2, 0.25) is 0 Å². The molecule has 2 rings (SSSR count). The van der Waals surface area contributed by atoms with Gasteiger partial charge in [0.05, 0.1) is 24.8 Å². The van der Waals surface area contributed by atoms with E-state index in [9.17, 15) is 14.3 Å². The van der Waals surface area contributed by atoms with Crippen molar-refractivity contribution in [3.63, 3.8) is 0 Å². The highest BCUT2D eigenvalue weighted by Crippen LogP contribution is 2.28. The van der Waals surface area contributed by atoms with E-state index in [1.807, 2.05) is 6.07 Å². The Bertz CT molecular complexity index is 656. The van der Waals surface area contributed by atoms with Gasteiger partial charge in [-0.25, -0.2) is 4.39 Å². The van der Waals surface area contributed by atoms with Crippen molar-refractivity contribution < 1.29 is 19.0 Å². The summed E-state index contributed by atoms with van der Waals surface area (Å²) in [4.78, 5) is 12.1. The molecule has 0 saturated heterocycles. The highest BCUT2D eigenvalue weighted by molar-refractivity contribution is 5.92. The lowest BCUT2D eigenvalue weighted by atomic mass is 9.92. The molecule has 0 aliphatic carbocycles. The molecular formula is C17H18FNO3. The minimum Gasteiger partial charge on any atom is -0.494 e. The number of anilines is 1. The van der Waals surface area contributed by atoms with Crippen LogP contribution < -0.4 is 10.1 Å². The number of carbonyl (C=O) groups is 1. The molecule has 1 amide bonds. The van der Waals surface area contributed by atoms with E-state index < -0.39 is 17.3 Å². The average molecular weight is 303 g/mol. The lowest BCUT2D eigenvalue weighted by Crippen LogP contribution is -2.28. The van der Waals surface area contributed by atoms with Gasteiger partial charge in [0.15, 0.2) is 0 Å². The van der Waals surface area contributed by atoms with E-state index in [-0.39, 0.29) is 12.2 Å². The fraction of sp³-hybridized carbons (Fsp3) is 0.235. The number of methoxy groups -OCH3 is 1. The molecule has 0 spiro atoms. The van der Waals surface area contributed by atoms with Crippen LogP contribution in [0.4, 0.5) is 10.1 Å². The normalized spacial score (nSPS) is 13.3. The van der Waals surface area contributed by atoms with Crippen LogP contribution in [0.3, 0.4) is 0 Å². The number of aliphatic hydroxyl groups is 1. The summed E-state index contributed by atoms with van der Waals surface area (Å²) >= 11 is 0. The number of ether oxygens (including phenoxy) is 1. The van der Waals surface area contributed by atoms with Crippen LogP contribution in [-0.2, 0) is 10.4 Å². The second kappa shape index (κ2) is 6.58. The Labute approximate surface area is 128 Å². The van der Waals surface area contributed by atoms with Crippen molar-refractivity contribution in [3.05, 3.63) is 59.9 Å². The molecule has 1 unspecified atom stereocenters. The zero-order valence-corrected chi connectivity index (χ0v) is 12.5. The van der Waals surface area contributed by atoms with Gasteiger partial charge in [0, 0.05) is 6.07 Å². The molecule has 0 aliphatic rings. The molecule has 0 bridgehead atoms. The van der Waals surface area contributed by atoms with Crippen molar-refractivity contribution in [2.45, 2.75) is 18.9 Å². The second-order valence-corrected chi connectivity index (χ2v) is 5.21. The van der Waals surface area contributed by atoms with Gasteiger partial charge >= 0.3 is 0 Å². The summed E-state index contributed by atoms with van der Waals surface area (Å²) in [7, 11) is 1.39. The maximum absolute atomic E-state index is 13.1. The number of nitrogens with one attached hydrogen (secondary N) is 1. The van der Waals surface area contributed by atoms with Gasteiger partial charge < -0.3 is 15.2 Å². The number of hydrogen-bond acceptors (Lipinski definition) is 3. The summed E-state index contributed by atoms with van der Waals surface area (Å²) in [5.74, 6) is -0.613. The average Bonchev–Trinajstić information content (AvgIpc) is 2.49. The molecule has 0 aromatic heterocycles. The summed E-state index contributed by atoms with van der Waals surface area (Å²) in [5.41, 5.74) is -0.285. The molecule has 0 saturated carbocycles. The first-order valence-corrected chi connectivity index (χ1v) is 6.83. The summed E-state index contributed by atoms with van der Waals surface area (Å²) in [5, 5.41) is 13.1. The van der Waals surface area contributed by atoms with Crippen molar-refractivity contribution >= 4 is 11.6 Å². The Balaban J connectivity index is 2.10. The van der Waals surface area contributed by atoms with E-state index in [2.05, 4.69) is 5.32 Å². The first-order chi connectivity index (χ1) is 10.4. The van der Waals surface area contributed by atoms with Crippen LogP contribution in [-0.4, -0.2) is 18.1 Å². The van der Waals surface area contributed by atoms with Gasteiger partial charge in [0.1, 0.15) is 11.6 Å². The molecule has 4 nitrogen and oxygen atoms in total. The SMILES string of the molecule is COc1cc(F)ccc1NC(=O)CC(C)(O)c1ccccc1. The maximum atomic E-state index is 13.1. The fourth-order valence-electron chi connectivity index (χ4n) is 2.17. The lowest BCUT2D eigenvalue weighted by molar-refractivity contribution is -0.120. The Morgan fingerprint density at radius 2 is 1.95 bits per heavy atom. The van der Waals surface area contributed by atoms with Gasteiger partial charge in [0.2, 0.25) is 5.91 Å². The molecule has 5 heteroatoms. The predicted octanol–water partition coefficient (Wildman–Crippen LogP) is 3.07. The molecule has 0 fully saturated rings. The monoisotopic (exact) mass is 303 g/mol. The van der Waals surface area contributed by atoms with E-state index in [0.717, 1.165) is 0 Å². The smallest absolute Gasteiger partial charge is 0.227 e. The van der Waals surface area contributed by atoms with Crippen LogP contribution in [0.25, 0.3) is 0 Å². The first-order valence-electron chi connectivity index (χ1n) is 6.83. The lowest BCUT2D eigenvalue weighted by Gasteiger charge is -2.23. The van der Waals surface area contributed by atoms with E-state index in [0.29, 0.717) is 11.3 Å². The number of amides is 1. The van der Waals surface area contributed by atoms with Crippen LogP contribution >= 0.6 is 0 Å². The van der Waals surface area contributed by atoms with Gasteiger partial charge in [-0.3, -0.25) is 4.79 Å². The van der Waals surface area contributed by atoms with Crippen molar-refractivity contribution in [1.82, 2.24) is 0 Å². The number of halogens is 1. The number of rotatable bonds is 5. The third kappa shape index (κ3) is 3.83. The molecule has 2 N–H and O–H groups in total. The molecule has 0 radical (unpaired) electrons. The van der Waals surface area contributed by atoms with Crippen LogP contribution in [0.5, 0.6) is 5.75 Å². The number of benzene rings is 2. The molecule has 1 atom stereocenters. The molecule has 0 aliphatic heterocycles. The molecule has 116 valence electrons.